The van der Waals surface area contributed by atoms with Gasteiger partial charge >= 0.3 is 0 Å². The van der Waals surface area contributed by atoms with Gasteiger partial charge in [0.15, 0.2) is 11.5 Å². The monoisotopic (exact) mass is 349 g/mol. The molecule has 1 atom stereocenters. The molecule has 130 valence electrons. The van der Waals surface area contributed by atoms with Crippen molar-refractivity contribution in [2.45, 2.75) is 25.8 Å². The van der Waals surface area contributed by atoms with Crippen LogP contribution in [0.5, 0.6) is 17.2 Å². The van der Waals surface area contributed by atoms with Gasteiger partial charge in [0.2, 0.25) is 11.7 Å². The van der Waals surface area contributed by atoms with Crippen LogP contribution in [0.15, 0.2) is 29.6 Å². The highest BCUT2D eigenvalue weighted by Crippen LogP contribution is 2.38. The van der Waals surface area contributed by atoms with Crippen LogP contribution in [0.25, 0.3) is 0 Å². The lowest BCUT2D eigenvalue weighted by atomic mass is 10.1. The Morgan fingerprint density at radius 2 is 1.83 bits per heavy atom. The van der Waals surface area contributed by atoms with Crippen molar-refractivity contribution in [3.05, 3.63) is 40.1 Å². The van der Waals surface area contributed by atoms with Crippen LogP contribution in [-0.4, -0.2) is 27.2 Å². The van der Waals surface area contributed by atoms with Crippen LogP contribution in [0.3, 0.4) is 0 Å². The number of hydrogen-bond acceptors (Lipinski definition) is 5. The van der Waals surface area contributed by atoms with Gasteiger partial charge in [-0.05, 0) is 42.5 Å². The highest BCUT2D eigenvalue weighted by atomic mass is 32.1. The van der Waals surface area contributed by atoms with Crippen molar-refractivity contribution >= 4 is 17.2 Å². The van der Waals surface area contributed by atoms with Crippen molar-refractivity contribution < 1.29 is 19.0 Å². The van der Waals surface area contributed by atoms with E-state index in [0.29, 0.717) is 30.1 Å². The molecule has 1 N–H and O–H groups in total. The zero-order chi connectivity index (χ0) is 17.5. The third-order valence-corrected chi connectivity index (χ3v) is 4.77. The number of ether oxygens (including phenoxy) is 3. The van der Waals surface area contributed by atoms with E-state index in [2.05, 4.69) is 5.32 Å². The van der Waals surface area contributed by atoms with E-state index in [-0.39, 0.29) is 11.9 Å². The number of aryl methyl sites for hydroxylation is 1. The normalized spacial score (nSPS) is 11.7. The molecule has 0 aliphatic rings. The molecule has 0 saturated heterocycles. The summed E-state index contributed by atoms with van der Waals surface area (Å²) in [5.41, 5.74) is 0.962. The number of hydrogen-bond donors (Lipinski definition) is 1. The number of methoxy groups -OCH3 is 3. The first kappa shape index (κ1) is 18.1. The van der Waals surface area contributed by atoms with Gasteiger partial charge in [-0.15, -0.1) is 11.3 Å². The lowest BCUT2D eigenvalue weighted by Gasteiger charge is -2.15. The molecule has 6 heteroatoms. The van der Waals surface area contributed by atoms with Crippen LogP contribution in [-0.2, 0) is 11.2 Å². The summed E-state index contributed by atoms with van der Waals surface area (Å²) in [5.74, 6) is 1.77. The molecule has 1 aromatic heterocycles. The summed E-state index contributed by atoms with van der Waals surface area (Å²) in [4.78, 5) is 13.3. The van der Waals surface area contributed by atoms with Crippen molar-refractivity contribution in [1.29, 1.82) is 0 Å². The maximum Gasteiger partial charge on any atom is 0.220 e. The number of carbonyl (C=O) groups is 1. The molecule has 24 heavy (non-hydrogen) atoms. The van der Waals surface area contributed by atoms with Crippen LogP contribution in [0, 0.1) is 0 Å². The molecule has 1 amide bonds. The molecule has 0 aliphatic heterocycles. The molecule has 0 bridgehead atoms. The van der Waals surface area contributed by atoms with Gasteiger partial charge in [0, 0.05) is 11.3 Å². The van der Waals surface area contributed by atoms with E-state index >= 15 is 0 Å². The van der Waals surface area contributed by atoms with Gasteiger partial charge in [0.1, 0.15) is 0 Å². The Kier molecular flexibility index (Phi) is 6.49. The number of carbonyl (C=O) groups excluding carboxylic acids is 1. The van der Waals surface area contributed by atoms with Gasteiger partial charge in [-0.2, -0.15) is 0 Å². The Bertz CT molecular complexity index is 645. The molecule has 0 spiro atoms. The van der Waals surface area contributed by atoms with E-state index < -0.39 is 0 Å². The zero-order valence-corrected chi connectivity index (χ0v) is 15.2. The zero-order valence-electron chi connectivity index (χ0n) is 14.4. The Hall–Kier alpha value is -2.21. The average Bonchev–Trinajstić information content (AvgIpc) is 3.13. The van der Waals surface area contributed by atoms with Gasteiger partial charge in [-0.25, -0.2) is 0 Å². The molecule has 0 aliphatic carbocycles. The number of benzene rings is 1. The van der Waals surface area contributed by atoms with E-state index in [1.807, 2.05) is 36.6 Å². The minimum absolute atomic E-state index is 0.0182. The quantitative estimate of drug-likeness (QED) is 0.791. The third-order valence-electron chi connectivity index (χ3n) is 3.71. The number of thiophene rings is 1. The van der Waals surface area contributed by atoms with E-state index in [1.165, 1.54) is 0 Å². The van der Waals surface area contributed by atoms with Crippen LogP contribution in [0.2, 0.25) is 0 Å². The molecular formula is C18H23NO4S. The fraction of sp³-hybridized carbons (Fsp3) is 0.389. The predicted octanol–water partition coefficient (Wildman–Crippen LogP) is 3.58. The number of nitrogens with one attached hydrogen (secondary N) is 1. The molecule has 1 aromatic carbocycles. The van der Waals surface area contributed by atoms with Gasteiger partial charge in [-0.3, -0.25) is 4.79 Å². The number of rotatable bonds is 8. The summed E-state index contributed by atoms with van der Waals surface area (Å²) in [6.07, 6.45) is 0.994. The van der Waals surface area contributed by atoms with Crippen molar-refractivity contribution in [2.75, 3.05) is 21.3 Å². The van der Waals surface area contributed by atoms with Crippen molar-refractivity contribution in [2.24, 2.45) is 0 Å². The van der Waals surface area contributed by atoms with Gasteiger partial charge in [-0.1, -0.05) is 6.07 Å². The molecule has 0 fully saturated rings. The Balaban J connectivity index is 1.99. The Labute approximate surface area is 146 Å². The van der Waals surface area contributed by atoms with Crippen molar-refractivity contribution in [1.82, 2.24) is 5.32 Å². The summed E-state index contributed by atoms with van der Waals surface area (Å²) >= 11 is 1.64. The molecule has 5 nitrogen and oxygen atoms in total. The minimum Gasteiger partial charge on any atom is -0.493 e. The van der Waals surface area contributed by atoms with Crippen molar-refractivity contribution in [3.8, 4) is 17.2 Å². The second kappa shape index (κ2) is 8.59. The Morgan fingerprint density at radius 1 is 1.17 bits per heavy atom. The van der Waals surface area contributed by atoms with E-state index in [4.69, 9.17) is 14.2 Å². The summed E-state index contributed by atoms with van der Waals surface area (Å²) in [6.45, 7) is 1.99. The molecule has 2 aromatic rings. The summed E-state index contributed by atoms with van der Waals surface area (Å²) in [7, 11) is 4.73. The highest BCUT2D eigenvalue weighted by molar-refractivity contribution is 7.10. The minimum atomic E-state index is 0.0182. The maximum atomic E-state index is 12.2. The van der Waals surface area contributed by atoms with E-state index in [0.717, 1.165) is 10.4 Å². The molecule has 1 unspecified atom stereocenters. The standard InChI is InChI=1S/C18H23NO4S/c1-12(16-6-5-9-24-16)19-17(20)8-7-13-10-14(21-2)18(23-4)15(11-13)22-3/h5-6,9-12H,7-8H2,1-4H3,(H,19,20). The highest BCUT2D eigenvalue weighted by Gasteiger charge is 2.15. The lowest BCUT2D eigenvalue weighted by Crippen LogP contribution is -2.26. The second-order valence-electron chi connectivity index (χ2n) is 5.34. The first-order valence-electron chi connectivity index (χ1n) is 7.70. The maximum absolute atomic E-state index is 12.2. The molecule has 2 rings (SSSR count). The summed E-state index contributed by atoms with van der Waals surface area (Å²) in [6, 6.07) is 7.78. The van der Waals surface area contributed by atoms with Crippen LogP contribution >= 0.6 is 11.3 Å². The SMILES string of the molecule is COc1cc(CCC(=O)NC(C)c2cccs2)cc(OC)c1OC. The topological polar surface area (TPSA) is 56.8 Å². The predicted molar refractivity (Wildman–Crippen MR) is 95.3 cm³/mol. The van der Waals surface area contributed by atoms with Gasteiger partial charge in [0.25, 0.3) is 0 Å². The third kappa shape index (κ3) is 4.41. The Morgan fingerprint density at radius 3 is 2.33 bits per heavy atom. The summed E-state index contributed by atoms with van der Waals surface area (Å²) < 4.78 is 16.0. The largest absolute Gasteiger partial charge is 0.493 e. The lowest BCUT2D eigenvalue weighted by molar-refractivity contribution is -0.121. The number of amides is 1. The van der Waals surface area contributed by atoms with Crippen molar-refractivity contribution in [3.63, 3.8) is 0 Å². The molecule has 1 heterocycles. The van der Waals surface area contributed by atoms with Crippen LogP contribution in [0.4, 0.5) is 0 Å². The second-order valence-corrected chi connectivity index (χ2v) is 6.32. The fourth-order valence-corrected chi connectivity index (χ4v) is 3.19. The molecule has 0 saturated carbocycles. The molecular weight excluding hydrogens is 326 g/mol. The van der Waals surface area contributed by atoms with E-state index in [9.17, 15) is 4.79 Å². The van der Waals surface area contributed by atoms with E-state index in [1.54, 1.807) is 32.7 Å². The summed E-state index contributed by atoms with van der Waals surface area (Å²) in [5, 5.41) is 5.02. The van der Waals surface area contributed by atoms with Gasteiger partial charge < -0.3 is 19.5 Å². The fourth-order valence-electron chi connectivity index (χ4n) is 2.46. The first-order valence-corrected chi connectivity index (χ1v) is 8.58. The molecule has 0 radical (unpaired) electrons. The van der Waals surface area contributed by atoms with Gasteiger partial charge in [0.05, 0.1) is 27.4 Å². The van der Waals surface area contributed by atoms with Crippen LogP contribution in [0.1, 0.15) is 29.8 Å². The van der Waals surface area contributed by atoms with Crippen LogP contribution < -0.4 is 19.5 Å². The smallest absolute Gasteiger partial charge is 0.220 e. The average molecular weight is 349 g/mol. The first-order chi connectivity index (χ1) is 11.6.